The van der Waals surface area contributed by atoms with E-state index in [2.05, 4.69) is 32.7 Å². The summed E-state index contributed by atoms with van der Waals surface area (Å²) < 4.78 is 11.8. The molecule has 7 heteroatoms. The molecular formula is C16H17BrN2O3S. The van der Waals surface area contributed by atoms with E-state index in [1.54, 1.807) is 17.4 Å². The van der Waals surface area contributed by atoms with Gasteiger partial charge in [0.25, 0.3) is 0 Å². The summed E-state index contributed by atoms with van der Waals surface area (Å²) in [5.74, 6) is 1.28. The molecule has 0 radical (unpaired) electrons. The van der Waals surface area contributed by atoms with Gasteiger partial charge in [0.1, 0.15) is 13.2 Å². The number of carbonyl (C=O) groups is 1. The molecule has 1 amide bonds. The fourth-order valence-electron chi connectivity index (χ4n) is 2.34. The van der Waals surface area contributed by atoms with E-state index in [9.17, 15) is 4.79 Å². The number of ether oxygens (including phenoxy) is 2. The van der Waals surface area contributed by atoms with Crippen molar-refractivity contribution in [1.29, 1.82) is 0 Å². The van der Waals surface area contributed by atoms with Crippen LogP contribution in [0.3, 0.4) is 0 Å². The molecule has 5 nitrogen and oxygen atoms in total. The van der Waals surface area contributed by atoms with Crippen molar-refractivity contribution in [2.45, 2.75) is 6.54 Å². The maximum atomic E-state index is 12.2. The first-order valence-electron chi connectivity index (χ1n) is 7.20. The molecule has 0 fully saturated rings. The summed E-state index contributed by atoms with van der Waals surface area (Å²) in [6.45, 7) is 2.12. The van der Waals surface area contributed by atoms with Crippen LogP contribution in [-0.2, 0) is 11.3 Å². The van der Waals surface area contributed by atoms with E-state index in [4.69, 9.17) is 9.47 Å². The van der Waals surface area contributed by atoms with E-state index in [0.717, 1.165) is 11.0 Å². The fraction of sp³-hybridized carbons (Fsp3) is 0.312. The zero-order chi connectivity index (χ0) is 16.2. The predicted molar refractivity (Wildman–Crippen MR) is 94.4 cm³/mol. The number of hydrogen-bond acceptors (Lipinski definition) is 5. The second kappa shape index (κ2) is 7.33. The first-order chi connectivity index (χ1) is 11.1. The Morgan fingerprint density at radius 3 is 2.78 bits per heavy atom. The summed E-state index contributed by atoms with van der Waals surface area (Å²) in [6.07, 6.45) is 0. The summed E-state index contributed by atoms with van der Waals surface area (Å²) in [5, 5.41) is 7.04. The number of benzene rings is 1. The van der Waals surface area contributed by atoms with Gasteiger partial charge >= 0.3 is 0 Å². The van der Waals surface area contributed by atoms with Crippen LogP contribution in [0.5, 0.6) is 11.5 Å². The quantitative estimate of drug-likeness (QED) is 0.841. The second-order valence-corrected chi connectivity index (χ2v) is 6.96. The molecular weight excluding hydrogens is 380 g/mol. The highest BCUT2D eigenvalue weighted by atomic mass is 79.9. The van der Waals surface area contributed by atoms with Crippen molar-refractivity contribution in [1.82, 2.24) is 4.90 Å². The number of nitrogens with one attached hydrogen (secondary N) is 1. The SMILES string of the molecule is CN(CC(=O)Nc1cc2c(cc1Br)OCCO2)Cc1ccsc1. The Morgan fingerprint density at radius 2 is 2.09 bits per heavy atom. The van der Waals surface area contributed by atoms with Crippen LogP contribution in [0, 0.1) is 0 Å². The molecule has 2 heterocycles. The summed E-state index contributed by atoms with van der Waals surface area (Å²) in [5.41, 5.74) is 1.90. The molecule has 0 spiro atoms. The summed E-state index contributed by atoms with van der Waals surface area (Å²) in [6, 6.07) is 5.67. The average molecular weight is 397 g/mol. The number of rotatable bonds is 5. The molecule has 23 heavy (non-hydrogen) atoms. The highest BCUT2D eigenvalue weighted by Crippen LogP contribution is 2.38. The van der Waals surface area contributed by atoms with Gasteiger partial charge in [-0.1, -0.05) is 0 Å². The van der Waals surface area contributed by atoms with Crippen molar-refractivity contribution in [2.24, 2.45) is 0 Å². The second-order valence-electron chi connectivity index (χ2n) is 5.33. The number of thiophene rings is 1. The van der Waals surface area contributed by atoms with E-state index in [1.165, 1.54) is 5.56 Å². The van der Waals surface area contributed by atoms with Gasteiger partial charge in [-0.05, 0) is 45.4 Å². The number of fused-ring (bicyclic) bond motifs is 1. The lowest BCUT2D eigenvalue weighted by atomic mass is 10.2. The zero-order valence-corrected chi connectivity index (χ0v) is 15.1. The molecule has 2 aromatic rings. The summed E-state index contributed by atoms with van der Waals surface area (Å²) >= 11 is 5.12. The minimum Gasteiger partial charge on any atom is -0.486 e. The minimum absolute atomic E-state index is 0.0693. The lowest BCUT2D eigenvalue weighted by Crippen LogP contribution is -2.29. The molecule has 1 aliphatic rings. The lowest BCUT2D eigenvalue weighted by molar-refractivity contribution is -0.117. The fourth-order valence-corrected chi connectivity index (χ4v) is 3.43. The zero-order valence-electron chi connectivity index (χ0n) is 12.7. The summed E-state index contributed by atoms with van der Waals surface area (Å²) in [4.78, 5) is 14.2. The Labute approximate surface area is 147 Å². The number of likely N-dealkylation sites (N-methyl/N-ethyl adjacent to an activating group) is 1. The van der Waals surface area contributed by atoms with Crippen LogP contribution in [0.2, 0.25) is 0 Å². The Morgan fingerprint density at radius 1 is 1.35 bits per heavy atom. The van der Waals surface area contributed by atoms with Gasteiger partial charge in [0, 0.05) is 23.2 Å². The molecule has 0 saturated heterocycles. The third kappa shape index (κ3) is 4.25. The van der Waals surface area contributed by atoms with Crippen LogP contribution in [0.1, 0.15) is 5.56 Å². The third-order valence-electron chi connectivity index (χ3n) is 3.35. The molecule has 1 aliphatic heterocycles. The van der Waals surface area contributed by atoms with Crippen molar-refractivity contribution in [3.8, 4) is 11.5 Å². The molecule has 0 saturated carbocycles. The van der Waals surface area contributed by atoms with Gasteiger partial charge in [0.2, 0.25) is 5.91 Å². The van der Waals surface area contributed by atoms with E-state index in [-0.39, 0.29) is 5.91 Å². The van der Waals surface area contributed by atoms with Crippen molar-refractivity contribution in [3.05, 3.63) is 39.0 Å². The Balaban J connectivity index is 1.61. The highest BCUT2D eigenvalue weighted by Gasteiger charge is 2.16. The Kier molecular flexibility index (Phi) is 5.20. The van der Waals surface area contributed by atoms with Crippen molar-refractivity contribution in [2.75, 3.05) is 32.1 Å². The molecule has 1 aromatic carbocycles. The normalized spacial score (nSPS) is 13.2. The van der Waals surface area contributed by atoms with Gasteiger partial charge in [-0.25, -0.2) is 0 Å². The van der Waals surface area contributed by atoms with Gasteiger partial charge in [0.15, 0.2) is 11.5 Å². The number of carbonyl (C=O) groups excluding carboxylic acids is 1. The van der Waals surface area contributed by atoms with Gasteiger partial charge in [0.05, 0.1) is 12.2 Å². The van der Waals surface area contributed by atoms with Gasteiger partial charge in [-0.15, -0.1) is 0 Å². The first kappa shape index (κ1) is 16.3. The average Bonchev–Trinajstić information content (AvgIpc) is 3.00. The molecule has 122 valence electrons. The highest BCUT2D eigenvalue weighted by molar-refractivity contribution is 9.10. The molecule has 0 atom stereocenters. The number of anilines is 1. The van der Waals surface area contributed by atoms with E-state index in [0.29, 0.717) is 36.9 Å². The van der Waals surface area contributed by atoms with Gasteiger partial charge in [-0.3, -0.25) is 9.69 Å². The monoisotopic (exact) mass is 396 g/mol. The summed E-state index contributed by atoms with van der Waals surface area (Å²) in [7, 11) is 1.93. The predicted octanol–water partition coefficient (Wildman–Crippen LogP) is 3.35. The molecule has 0 bridgehead atoms. The lowest BCUT2D eigenvalue weighted by Gasteiger charge is -2.20. The van der Waals surface area contributed by atoms with Gasteiger partial charge in [-0.2, -0.15) is 11.3 Å². The van der Waals surface area contributed by atoms with Crippen LogP contribution in [0.15, 0.2) is 33.4 Å². The standard InChI is InChI=1S/C16H17BrN2O3S/c1-19(8-11-2-5-23-10-11)9-16(20)18-13-7-15-14(6-12(13)17)21-3-4-22-15/h2,5-7,10H,3-4,8-9H2,1H3,(H,18,20). The molecule has 1 aromatic heterocycles. The maximum Gasteiger partial charge on any atom is 0.238 e. The van der Waals surface area contributed by atoms with Crippen LogP contribution in [0.4, 0.5) is 5.69 Å². The Hall–Kier alpha value is -1.57. The van der Waals surface area contributed by atoms with E-state index in [1.807, 2.05) is 23.4 Å². The molecule has 0 unspecified atom stereocenters. The Bertz CT molecular complexity index is 691. The van der Waals surface area contributed by atoms with Crippen LogP contribution < -0.4 is 14.8 Å². The number of amides is 1. The first-order valence-corrected chi connectivity index (χ1v) is 8.94. The van der Waals surface area contributed by atoms with Crippen molar-refractivity contribution < 1.29 is 14.3 Å². The molecule has 0 aliphatic carbocycles. The number of nitrogens with zero attached hydrogens (tertiary/aromatic N) is 1. The molecule has 3 rings (SSSR count). The maximum absolute atomic E-state index is 12.2. The molecule has 1 N–H and O–H groups in total. The van der Waals surface area contributed by atoms with Gasteiger partial charge < -0.3 is 14.8 Å². The minimum atomic E-state index is -0.0693. The number of halogens is 1. The van der Waals surface area contributed by atoms with Crippen molar-refractivity contribution in [3.63, 3.8) is 0 Å². The van der Waals surface area contributed by atoms with Crippen LogP contribution >= 0.6 is 27.3 Å². The largest absolute Gasteiger partial charge is 0.486 e. The topological polar surface area (TPSA) is 50.8 Å². The van der Waals surface area contributed by atoms with E-state index >= 15 is 0 Å². The van der Waals surface area contributed by atoms with Crippen molar-refractivity contribution >= 4 is 38.9 Å². The van der Waals surface area contributed by atoms with Crippen LogP contribution in [0.25, 0.3) is 0 Å². The van der Waals surface area contributed by atoms with Crippen LogP contribution in [-0.4, -0.2) is 37.6 Å². The smallest absolute Gasteiger partial charge is 0.238 e. The van der Waals surface area contributed by atoms with E-state index < -0.39 is 0 Å². The number of hydrogen-bond donors (Lipinski definition) is 1. The third-order valence-corrected chi connectivity index (χ3v) is 4.74.